The van der Waals surface area contributed by atoms with Gasteiger partial charge in [-0.25, -0.2) is 4.79 Å². The molecule has 14 heavy (non-hydrogen) atoms. The van der Waals surface area contributed by atoms with Crippen LogP contribution < -0.4 is 0 Å². The zero-order valence-corrected chi connectivity index (χ0v) is 8.85. The predicted octanol–water partition coefficient (Wildman–Crippen LogP) is 0.822. The van der Waals surface area contributed by atoms with Crippen LogP contribution >= 0.6 is 0 Å². The molecule has 0 aliphatic carbocycles. The van der Waals surface area contributed by atoms with Gasteiger partial charge in [0.25, 0.3) is 0 Å². The summed E-state index contributed by atoms with van der Waals surface area (Å²) in [6.45, 7) is 3.59. The Hall–Kier alpha value is -1.15. The van der Waals surface area contributed by atoms with Crippen molar-refractivity contribution in [3.63, 3.8) is 0 Å². The lowest BCUT2D eigenvalue weighted by Gasteiger charge is -2.27. The first-order valence-corrected chi connectivity index (χ1v) is 5.44. The van der Waals surface area contributed by atoms with Gasteiger partial charge in [0.05, 0.1) is 16.9 Å². The number of hydrogen-bond acceptors (Lipinski definition) is 3. The van der Waals surface area contributed by atoms with Gasteiger partial charge in [0.2, 0.25) is 4.75 Å². The van der Waals surface area contributed by atoms with Gasteiger partial charge >= 0.3 is 5.97 Å². The fraction of sp³-hybridized carbons (Fsp3) is 0.556. The second-order valence-corrected chi connectivity index (χ2v) is 5.15. The van der Waals surface area contributed by atoms with Crippen LogP contribution in [0.4, 0.5) is 0 Å². The van der Waals surface area contributed by atoms with Crippen molar-refractivity contribution >= 4 is 16.8 Å². The third-order valence-electron chi connectivity index (χ3n) is 2.50. The minimum atomic E-state index is -1.73. The maximum Gasteiger partial charge on any atom is 0.337 e. The van der Waals surface area contributed by atoms with Gasteiger partial charge in [-0.05, 0) is 13.8 Å². The topological polar surface area (TPSA) is 78.2 Å². The summed E-state index contributed by atoms with van der Waals surface area (Å²) >= 11 is 0. The van der Waals surface area contributed by atoms with Crippen molar-refractivity contribution in [3.05, 3.63) is 11.1 Å². The quantitative estimate of drug-likeness (QED) is 0.654. The highest BCUT2D eigenvalue weighted by Gasteiger charge is 2.47. The standard InChI is InChI=1S/C9H11NO3S/c1-6-3-9(5-10,8(11)12)14(13)4-7(6)2/h3-4H2,1-2H3,(H,11,12)/t9-,14-/m0/s1. The smallest absolute Gasteiger partial charge is 0.337 e. The lowest BCUT2D eigenvalue weighted by molar-refractivity contribution is -0.138. The van der Waals surface area contributed by atoms with E-state index in [9.17, 15) is 9.00 Å². The summed E-state index contributed by atoms with van der Waals surface area (Å²) in [5.41, 5.74) is 1.78. The molecule has 2 atom stereocenters. The van der Waals surface area contributed by atoms with E-state index in [-0.39, 0.29) is 12.2 Å². The number of carboxylic acid groups (broad SMARTS) is 1. The third kappa shape index (κ3) is 1.46. The van der Waals surface area contributed by atoms with E-state index in [1.807, 2.05) is 6.92 Å². The fourth-order valence-corrected chi connectivity index (χ4v) is 2.92. The summed E-state index contributed by atoms with van der Waals surface area (Å²) in [6, 6.07) is 1.68. The van der Waals surface area contributed by atoms with Crippen molar-refractivity contribution in [1.82, 2.24) is 0 Å². The maximum absolute atomic E-state index is 11.6. The molecule has 0 radical (unpaired) electrons. The molecule has 1 aliphatic rings. The number of nitrogens with zero attached hydrogens (tertiary/aromatic N) is 1. The van der Waals surface area contributed by atoms with Crippen molar-refractivity contribution in [2.75, 3.05) is 5.75 Å². The minimum absolute atomic E-state index is 0.0667. The summed E-state index contributed by atoms with van der Waals surface area (Å²) in [5, 5.41) is 17.8. The van der Waals surface area contributed by atoms with Crippen LogP contribution in [-0.2, 0) is 15.6 Å². The van der Waals surface area contributed by atoms with Crippen molar-refractivity contribution in [3.8, 4) is 6.07 Å². The van der Waals surface area contributed by atoms with Gasteiger partial charge in [0.15, 0.2) is 0 Å². The second kappa shape index (κ2) is 3.54. The van der Waals surface area contributed by atoms with E-state index in [0.29, 0.717) is 0 Å². The van der Waals surface area contributed by atoms with Crippen molar-refractivity contribution in [2.45, 2.75) is 25.0 Å². The number of rotatable bonds is 1. The molecule has 0 bridgehead atoms. The number of aliphatic carboxylic acids is 1. The molecule has 0 fully saturated rings. The van der Waals surface area contributed by atoms with Crippen LogP contribution in [0.1, 0.15) is 20.3 Å². The predicted molar refractivity (Wildman–Crippen MR) is 52.0 cm³/mol. The second-order valence-electron chi connectivity index (χ2n) is 3.47. The number of nitriles is 1. The Morgan fingerprint density at radius 1 is 1.57 bits per heavy atom. The van der Waals surface area contributed by atoms with E-state index in [1.54, 1.807) is 13.0 Å². The van der Waals surface area contributed by atoms with Crippen molar-refractivity contribution in [2.24, 2.45) is 0 Å². The molecular weight excluding hydrogens is 202 g/mol. The average molecular weight is 213 g/mol. The molecule has 0 unspecified atom stereocenters. The van der Waals surface area contributed by atoms with Crippen LogP contribution in [0.15, 0.2) is 11.1 Å². The highest BCUT2D eigenvalue weighted by Crippen LogP contribution is 2.31. The highest BCUT2D eigenvalue weighted by atomic mass is 32.2. The van der Waals surface area contributed by atoms with Crippen molar-refractivity contribution < 1.29 is 14.1 Å². The molecule has 4 nitrogen and oxygen atoms in total. The average Bonchev–Trinajstić information content (AvgIpc) is 2.11. The molecule has 1 rings (SSSR count). The van der Waals surface area contributed by atoms with Crippen LogP contribution in [0.25, 0.3) is 0 Å². The molecule has 0 aromatic heterocycles. The fourth-order valence-electron chi connectivity index (χ4n) is 1.36. The Morgan fingerprint density at radius 3 is 2.57 bits per heavy atom. The third-order valence-corrected chi connectivity index (χ3v) is 4.39. The van der Waals surface area contributed by atoms with Gasteiger partial charge < -0.3 is 5.11 Å². The largest absolute Gasteiger partial charge is 0.479 e. The first-order chi connectivity index (χ1) is 6.44. The molecule has 5 heteroatoms. The number of hydrogen-bond donors (Lipinski definition) is 1. The van der Waals surface area contributed by atoms with Crippen LogP contribution in [0, 0.1) is 11.3 Å². The summed E-state index contributed by atoms with van der Waals surface area (Å²) in [4.78, 5) is 10.9. The van der Waals surface area contributed by atoms with Crippen LogP contribution in [0.3, 0.4) is 0 Å². The van der Waals surface area contributed by atoms with E-state index in [1.165, 1.54) is 0 Å². The van der Waals surface area contributed by atoms with Gasteiger partial charge in [-0.15, -0.1) is 0 Å². The Labute approximate surface area is 84.7 Å². The molecular formula is C9H11NO3S. The first kappa shape index (κ1) is 10.9. The highest BCUT2D eigenvalue weighted by molar-refractivity contribution is 7.87. The summed E-state index contributed by atoms with van der Waals surface area (Å²) in [6.07, 6.45) is 0.0667. The van der Waals surface area contributed by atoms with Gasteiger partial charge in [-0.3, -0.25) is 4.21 Å². The number of carbonyl (C=O) groups is 1. The Bertz CT molecular complexity index is 380. The number of allylic oxidation sites excluding steroid dienone is 1. The van der Waals surface area contributed by atoms with E-state index < -0.39 is 21.5 Å². The molecule has 0 saturated heterocycles. The maximum atomic E-state index is 11.6. The Kier molecular flexibility index (Phi) is 2.76. The Balaban J connectivity index is 3.22. The first-order valence-electron chi connectivity index (χ1n) is 4.12. The van der Waals surface area contributed by atoms with E-state index in [0.717, 1.165) is 11.1 Å². The SMILES string of the molecule is CC1=C(C)C[C@](C#N)(C(=O)O)[S@@](=O)C1. The van der Waals surface area contributed by atoms with Gasteiger partial charge in [-0.2, -0.15) is 5.26 Å². The number of carboxylic acids is 1. The van der Waals surface area contributed by atoms with Gasteiger partial charge in [0, 0.05) is 12.2 Å². The summed E-state index contributed by atoms with van der Waals surface area (Å²) < 4.78 is 9.89. The summed E-state index contributed by atoms with van der Waals surface area (Å²) in [7, 11) is -1.64. The van der Waals surface area contributed by atoms with Crippen LogP contribution in [0.5, 0.6) is 0 Å². The summed E-state index contributed by atoms with van der Waals surface area (Å²) in [5.74, 6) is -1.10. The lowest BCUT2D eigenvalue weighted by Crippen LogP contribution is -2.45. The van der Waals surface area contributed by atoms with Crippen molar-refractivity contribution in [1.29, 1.82) is 5.26 Å². The normalized spacial score (nSPS) is 32.5. The molecule has 0 amide bonds. The molecule has 1 aliphatic heterocycles. The van der Waals surface area contributed by atoms with E-state index in [2.05, 4.69) is 0 Å². The van der Waals surface area contributed by atoms with Crippen LogP contribution in [-0.4, -0.2) is 25.8 Å². The van der Waals surface area contributed by atoms with Gasteiger partial charge in [0.1, 0.15) is 0 Å². The molecule has 1 heterocycles. The Morgan fingerprint density at radius 2 is 2.14 bits per heavy atom. The lowest BCUT2D eigenvalue weighted by atomic mass is 9.97. The van der Waals surface area contributed by atoms with E-state index in [4.69, 9.17) is 10.4 Å². The van der Waals surface area contributed by atoms with Gasteiger partial charge in [-0.1, -0.05) is 11.1 Å². The minimum Gasteiger partial charge on any atom is -0.479 e. The zero-order valence-electron chi connectivity index (χ0n) is 8.03. The monoisotopic (exact) mass is 213 g/mol. The zero-order chi connectivity index (χ0) is 10.9. The van der Waals surface area contributed by atoms with E-state index >= 15 is 0 Å². The molecule has 0 aromatic rings. The molecule has 0 saturated carbocycles. The van der Waals surface area contributed by atoms with Crippen LogP contribution in [0.2, 0.25) is 0 Å². The molecule has 0 aromatic carbocycles. The molecule has 0 spiro atoms. The molecule has 1 N–H and O–H groups in total. The molecule has 76 valence electrons.